The first-order valence-corrected chi connectivity index (χ1v) is 8.72. The smallest absolute Gasteiger partial charge is 0.265 e. The molecule has 0 bridgehead atoms. The number of nitrogens with one attached hydrogen (secondary N) is 2. The van der Waals surface area contributed by atoms with Crippen LogP contribution in [0.15, 0.2) is 24.5 Å². The van der Waals surface area contributed by atoms with Crippen molar-refractivity contribution in [2.45, 2.75) is 58.8 Å². The maximum absolute atomic E-state index is 11.9. The molecule has 7 heteroatoms. The molecule has 3 rings (SSSR count). The molecule has 0 saturated carbocycles. The molecule has 2 heterocycles. The van der Waals surface area contributed by atoms with Crippen molar-refractivity contribution in [3.63, 3.8) is 0 Å². The van der Waals surface area contributed by atoms with Crippen molar-refractivity contribution in [3.05, 3.63) is 35.9 Å². The summed E-state index contributed by atoms with van der Waals surface area (Å²) in [6.07, 6.45) is 1.81. The second-order valence-corrected chi connectivity index (χ2v) is 6.58. The molecule has 1 aliphatic heterocycles. The van der Waals surface area contributed by atoms with Gasteiger partial charge in [0.05, 0.1) is 12.2 Å². The summed E-state index contributed by atoms with van der Waals surface area (Å²) in [5.74, 6) is 1.55. The summed E-state index contributed by atoms with van der Waals surface area (Å²) in [4.78, 5) is 16.2. The molecule has 0 aliphatic carbocycles. The molecule has 0 unspecified atom stereocenters. The highest BCUT2D eigenvalue weighted by molar-refractivity contribution is 5.97. The minimum Gasteiger partial charge on any atom is -0.478 e. The predicted octanol–water partition coefficient (Wildman–Crippen LogP) is 2.82. The average Bonchev–Trinajstić information content (AvgIpc) is 3.07. The molecule has 1 amide bonds. The van der Waals surface area contributed by atoms with E-state index in [0.717, 1.165) is 22.8 Å². The monoisotopic (exact) mass is 343 g/mol. The number of carbonyl (C=O) groups excluding carboxylic acids is 1. The molecular weight excluding hydrogens is 318 g/mol. The number of hydrogen-bond acceptors (Lipinski definition) is 5. The fourth-order valence-electron chi connectivity index (χ4n) is 2.89. The summed E-state index contributed by atoms with van der Waals surface area (Å²) in [6.45, 7) is 8.83. The molecule has 2 atom stereocenters. The van der Waals surface area contributed by atoms with Gasteiger partial charge in [0.1, 0.15) is 17.9 Å². The van der Waals surface area contributed by atoms with Gasteiger partial charge in [-0.3, -0.25) is 4.79 Å². The second kappa shape index (κ2) is 7.23. The number of fused-ring (bicyclic) bond motifs is 1. The molecule has 2 N–H and O–H groups in total. The minimum absolute atomic E-state index is 0.0815. The summed E-state index contributed by atoms with van der Waals surface area (Å²) in [6, 6.07) is 6.27. The number of aromatic nitrogens is 3. The summed E-state index contributed by atoms with van der Waals surface area (Å²) >= 11 is 0. The Balaban J connectivity index is 1.70. The lowest BCUT2D eigenvalue weighted by atomic mass is 10.1. The van der Waals surface area contributed by atoms with Crippen molar-refractivity contribution >= 4 is 11.6 Å². The van der Waals surface area contributed by atoms with Crippen LogP contribution in [0.2, 0.25) is 0 Å². The zero-order valence-corrected chi connectivity index (χ0v) is 15.1. The molecule has 25 heavy (non-hydrogen) atoms. The molecule has 1 aromatic heterocycles. The predicted molar refractivity (Wildman–Crippen MR) is 95.4 cm³/mol. The van der Waals surface area contributed by atoms with E-state index in [2.05, 4.69) is 41.5 Å². The van der Waals surface area contributed by atoms with E-state index in [0.29, 0.717) is 13.0 Å². The van der Waals surface area contributed by atoms with Gasteiger partial charge in [-0.25, -0.2) is 9.67 Å². The quantitative estimate of drug-likeness (QED) is 0.843. The fourth-order valence-corrected chi connectivity index (χ4v) is 2.89. The van der Waals surface area contributed by atoms with Gasteiger partial charge in [-0.2, -0.15) is 5.10 Å². The van der Waals surface area contributed by atoms with Crippen LogP contribution < -0.4 is 15.4 Å². The molecule has 0 radical (unpaired) electrons. The molecule has 134 valence electrons. The highest BCUT2D eigenvalue weighted by Crippen LogP contribution is 2.33. The SMILES string of the molecule is CC[C@@H]1Oc2cc([C@@H](C)NCc3ncnn3C(C)C)ccc2NC1=O. The normalized spacial score (nSPS) is 17.8. The summed E-state index contributed by atoms with van der Waals surface area (Å²) in [7, 11) is 0. The Bertz CT molecular complexity index is 756. The first kappa shape index (κ1) is 17.4. The molecule has 7 nitrogen and oxygen atoms in total. The Labute approximate surface area is 147 Å². The molecule has 0 fully saturated rings. The van der Waals surface area contributed by atoms with Crippen LogP contribution in [0.4, 0.5) is 5.69 Å². The van der Waals surface area contributed by atoms with Gasteiger partial charge < -0.3 is 15.4 Å². The summed E-state index contributed by atoms with van der Waals surface area (Å²) in [5, 5.41) is 10.6. The van der Waals surface area contributed by atoms with E-state index in [9.17, 15) is 4.79 Å². The first-order valence-electron chi connectivity index (χ1n) is 8.72. The number of ether oxygens (including phenoxy) is 1. The van der Waals surface area contributed by atoms with E-state index in [1.807, 2.05) is 29.8 Å². The second-order valence-electron chi connectivity index (χ2n) is 6.58. The Hall–Kier alpha value is -2.41. The van der Waals surface area contributed by atoms with Crippen molar-refractivity contribution < 1.29 is 9.53 Å². The van der Waals surface area contributed by atoms with Gasteiger partial charge >= 0.3 is 0 Å². The highest BCUT2D eigenvalue weighted by Gasteiger charge is 2.26. The number of hydrogen-bond donors (Lipinski definition) is 2. The van der Waals surface area contributed by atoms with Crippen molar-refractivity contribution in [3.8, 4) is 5.75 Å². The van der Waals surface area contributed by atoms with Crippen molar-refractivity contribution in [2.75, 3.05) is 5.32 Å². The number of benzene rings is 1. The zero-order valence-electron chi connectivity index (χ0n) is 15.1. The molecule has 0 saturated heterocycles. The Morgan fingerprint density at radius 3 is 2.88 bits per heavy atom. The van der Waals surface area contributed by atoms with Gasteiger partial charge in [-0.1, -0.05) is 13.0 Å². The van der Waals surface area contributed by atoms with Crippen molar-refractivity contribution in [1.82, 2.24) is 20.1 Å². The van der Waals surface area contributed by atoms with Crippen LogP contribution in [-0.2, 0) is 11.3 Å². The van der Waals surface area contributed by atoms with Gasteiger partial charge in [-0.05, 0) is 44.9 Å². The molecule has 0 spiro atoms. The van der Waals surface area contributed by atoms with E-state index in [-0.39, 0.29) is 18.0 Å². The lowest BCUT2D eigenvalue weighted by molar-refractivity contribution is -0.123. The number of rotatable bonds is 6. The van der Waals surface area contributed by atoms with Crippen LogP contribution in [0.1, 0.15) is 57.6 Å². The Morgan fingerprint density at radius 2 is 2.16 bits per heavy atom. The molecule has 2 aromatic rings. The number of amides is 1. The van der Waals surface area contributed by atoms with Crippen LogP contribution >= 0.6 is 0 Å². The van der Waals surface area contributed by atoms with Crippen molar-refractivity contribution in [1.29, 1.82) is 0 Å². The number of nitrogens with zero attached hydrogens (tertiary/aromatic N) is 3. The number of carbonyl (C=O) groups is 1. The Morgan fingerprint density at radius 1 is 1.36 bits per heavy atom. The third kappa shape index (κ3) is 3.66. The van der Waals surface area contributed by atoms with Crippen LogP contribution in [0, 0.1) is 0 Å². The zero-order chi connectivity index (χ0) is 18.0. The van der Waals surface area contributed by atoms with Crippen LogP contribution in [0.25, 0.3) is 0 Å². The Kier molecular flexibility index (Phi) is 5.03. The third-order valence-corrected chi connectivity index (χ3v) is 4.40. The van der Waals surface area contributed by atoms with E-state index in [4.69, 9.17) is 4.74 Å². The van der Waals surface area contributed by atoms with Gasteiger partial charge in [-0.15, -0.1) is 0 Å². The molecular formula is C18H25N5O2. The van der Waals surface area contributed by atoms with E-state index in [1.165, 1.54) is 0 Å². The number of anilines is 1. The minimum atomic E-state index is -0.421. The van der Waals surface area contributed by atoms with Crippen LogP contribution in [-0.4, -0.2) is 26.8 Å². The third-order valence-electron chi connectivity index (χ3n) is 4.40. The van der Waals surface area contributed by atoms with E-state index >= 15 is 0 Å². The van der Waals surface area contributed by atoms with Crippen LogP contribution in [0.5, 0.6) is 5.75 Å². The lowest BCUT2D eigenvalue weighted by Crippen LogP contribution is -2.36. The van der Waals surface area contributed by atoms with Crippen molar-refractivity contribution in [2.24, 2.45) is 0 Å². The van der Waals surface area contributed by atoms with Gasteiger partial charge in [0.2, 0.25) is 0 Å². The average molecular weight is 343 g/mol. The van der Waals surface area contributed by atoms with E-state index < -0.39 is 6.10 Å². The first-order chi connectivity index (χ1) is 12.0. The van der Waals surface area contributed by atoms with Gasteiger partial charge in [0.15, 0.2) is 6.10 Å². The summed E-state index contributed by atoms with van der Waals surface area (Å²) in [5.41, 5.74) is 1.82. The maximum Gasteiger partial charge on any atom is 0.265 e. The highest BCUT2D eigenvalue weighted by atomic mass is 16.5. The summed E-state index contributed by atoms with van der Waals surface area (Å²) < 4.78 is 7.73. The lowest BCUT2D eigenvalue weighted by Gasteiger charge is -2.26. The van der Waals surface area contributed by atoms with Crippen LogP contribution in [0.3, 0.4) is 0 Å². The van der Waals surface area contributed by atoms with E-state index in [1.54, 1.807) is 6.33 Å². The van der Waals surface area contributed by atoms with Gasteiger partial charge in [0, 0.05) is 12.1 Å². The largest absolute Gasteiger partial charge is 0.478 e. The molecule has 1 aromatic carbocycles. The van der Waals surface area contributed by atoms with Gasteiger partial charge in [0.25, 0.3) is 5.91 Å². The maximum atomic E-state index is 11.9. The molecule has 1 aliphatic rings. The topological polar surface area (TPSA) is 81.1 Å². The fraction of sp³-hybridized carbons (Fsp3) is 0.500. The standard InChI is InChI=1S/C18H25N5O2/c1-5-15-18(24)22-14-7-6-13(8-16(14)25-15)12(4)19-9-17-20-10-21-23(17)11(2)3/h6-8,10-12,15,19H,5,9H2,1-4H3,(H,22,24)/t12-,15+/m1/s1.